The van der Waals surface area contributed by atoms with Crippen molar-refractivity contribution >= 4 is 17.3 Å². The van der Waals surface area contributed by atoms with E-state index >= 15 is 0 Å². The zero-order chi connectivity index (χ0) is 13.3. The normalized spacial score (nSPS) is 17.8. The van der Waals surface area contributed by atoms with Crippen molar-refractivity contribution in [3.8, 4) is 0 Å². The number of hydrogen-bond acceptors (Lipinski definition) is 3. The molecule has 4 nitrogen and oxygen atoms in total. The molecule has 1 amide bonds. The Morgan fingerprint density at radius 2 is 2.17 bits per heavy atom. The third kappa shape index (κ3) is 2.34. The van der Waals surface area contributed by atoms with Crippen LogP contribution in [-0.4, -0.2) is 19.0 Å². The van der Waals surface area contributed by atoms with Crippen molar-refractivity contribution in [2.24, 2.45) is 11.7 Å². The quantitative estimate of drug-likeness (QED) is 0.857. The van der Waals surface area contributed by atoms with Crippen molar-refractivity contribution in [2.75, 3.05) is 23.3 Å². The summed E-state index contributed by atoms with van der Waals surface area (Å²) in [5.41, 5.74) is 8.69. The SMILES string of the molecule is CCN(CC(C)C)c1ccc2c(c1)NC(=O)C2N. The molecule has 0 bridgehead atoms. The number of anilines is 2. The van der Waals surface area contributed by atoms with Crippen LogP contribution in [0.3, 0.4) is 0 Å². The maximum atomic E-state index is 11.5. The van der Waals surface area contributed by atoms with E-state index in [0.717, 1.165) is 30.0 Å². The molecule has 3 N–H and O–H groups in total. The molecule has 1 aliphatic rings. The number of hydrogen-bond donors (Lipinski definition) is 2. The predicted octanol–water partition coefficient (Wildman–Crippen LogP) is 2.12. The molecule has 0 fully saturated rings. The highest BCUT2D eigenvalue weighted by molar-refractivity contribution is 6.02. The molecule has 0 saturated heterocycles. The molecule has 4 heteroatoms. The molecule has 0 saturated carbocycles. The summed E-state index contributed by atoms with van der Waals surface area (Å²) >= 11 is 0. The number of nitrogens with one attached hydrogen (secondary N) is 1. The minimum absolute atomic E-state index is 0.117. The Labute approximate surface area is 108 Å². The van der Waals surface area contributed by atoms with Crippen LogP contribution in [0.15, 0.2) is 18.2 Å². The number of carbonyl (C=O) groups excluding carboxylic acids is 1. The highest BCUT2D eigenvalue weighted by atomic mass is 16.2. The second-order valence-electron chi connectivity index (χ2n) is 5.17. The molecule has 18 heavy (non-hydrogen) atoms. The lowest BCUT2D eigenvalue weighted by atomic mass is 10.1. The number of rotatable bonds is 4. The molecular weight excluding hydrogens is 226 g/mol. The van der Waals surface area contributed by atoms with Crippen molar-refractivity contribution in [3.05, 3.63) is 23.8 Å². The zero-order valence-electron chi connectivity index (χ0n) is 11.2. The molecule has 1 aromatic carbocycles. The smallest absolute Gasteiger partial charge is 0.245 e. The molecule has 1 heterocycles. The summed E-state index contributed by atoms with van der Waals surface area (Å²) in [6, 6.07) is 5.50. The molecule has 0 radical (unpaired) electrons. The average molecular weight is 247 g/mol. The highest BCUT2D eigenvalue weighted by Gasteiger charge is 2.27. The Balaban J connectivity index is 2.26. The Morgan fingerprint density at radius 1 is 1.44 bits per heavy atom. The lowest BCUT2D eigenvalue weighted by Gasteiger charge is -2.25. The van der Waals surface area contributed by atoms with Gasteiger partial charge in [-0.2, -0.15) is 0 Å². The number of benzene rings is 1. The molecule has 0 aromatic heterocycles. The summed E-state index contributed by atoms with van der Waals surface area (Å²) < 4.78 is 0. The van der Waals surface area contributed by atoms with Gasteiger partial charge in [-0.25, -0.2) is 0 Å². The summed E-state index contributed by atoms with van der Waals surface area (Å²) in [6.45, 7) is 8.51. The molecule has 1 unspecified atom stereocenters. The van der Waals surface area contributed by atoms with Crippen molar-refractivity contribution in [3.63, 3.8) is 0 Å². The monoisotopic (exact) mass is 247 g/mol. The van der Waals surface area contributed by atoms with E-state index in [1.807, 2.05) is 18.2 Å². The van der Waals surface area contributed by atoms with Gasteiger partial charge in [-0.3, -0.25) is 4.79 Å². The van der Waals surface area contributed by atoms with Crippen LogP contribution >= 0.6 is 0 Å². The fourth-order valence-corrected chi connectivity index (χ4v) is 2.33. The van der Waals surface area contributed by atoms with Gasteiger partial charge in [0.2, 0.25) is 5.91 Å². The van der Waals surface area contributed by atoms with E-state index in [0.29, 0.717) is 5.92 Å². The standard InChI is InChI=1S/C14H21N3O/c1-4-17(8-9(2)3)10-5-6-11-12(7-10)16-14(18)13(11)15/h5-7,9,13H,4,8,15H2,1-3H3,(H,16,18). The second-order valence-corrected chi connectivity index (χ2v) is 5.17. The van der Waals surface area contributed by atoms with Crippen LogP contribution in [0.4, 0.5) is 11.4 Å². The van der Waals surface area contributed by atoms with E-state index in [4.69, 9.17) is 5.73 Å². The first-order chi connectivity index (χ1) is 8.52. The van der Waals surface area contributed by atoms with Crippen LogP contribution in [-0.2, 0) is 4.79 Å². The molecular formula is C14H21N3O. The minimum atomic E-state index is -0.519. The van der Waals surface area contributed by atoms with Gasteiger partial charge in [0.15, 0.2) is 0 Å². The van der Waals surface area contributed by atoms with Crippen LogP contribution in [0, 0.1) is 5.92 Å². The largest absolute Gasteiger partial charge is 0.371 e. The van der Waals surface area contributed by atoms with Crippen LogP contribution < -0.4 is 16.0 Å². The van der Waals surface area contributed by atoms with Gasteiger partial charge in [-0.1, -0.05) is 19.9 Å². The summed E-state index contributed by atoms with van der Waals surface area (Å²) in [7, 11) is 0. The van der Waals surface area contributed by atoms with Gasteiger partial charge in [0.1, 0.15) is 6.04 Å². The van der Waals surface area contributed by atoms with Crippen LogP contribution in [0.5, 0.6) is 0 Å². The Kier molecular flexibility index (Phi) is 3.57. The van der Waals surface area contributed by atoms with E-state index in [2.05, 4.69) is 31.0 Å². The van der Waals surface area contributed by atoms with Crippen LogP contribution in [0.2, 0.25) is 0 Å². The van der Waals surface area contributed by atoms with Crippen molar-refractivity contribution in [2.45, 2.75) is 26.8 Å². The number of amides is 1. The fraction of sp³-hybridized carbons (Fsp3) is 0.500. The topological polar surface area (TPSA) is 58.4 Å². The maximum Gasteiger partial charge on any atom is 0.245 e. The third-order valence-electron chi connectivity index (χ3n) is 3.24. The van der Waals surface area contributed by atoms with Gasteiger partial charge >= 0.3 is 0 Å². The first kappa shape index (κ1) is 12.9. The molecule has 1 aliphatic heterocycles. The summed E-state index contributed by atoms with van der Waals surface area (Å²) in [4.78, 5) is 13.8. The summed E-state index contributed by atoms with van der Waals surface area (Å²) in [5, 5.41) is 2.83. The van der Waals surface area contributed by atoms with Crippen LogP contribution in [0.1, 0.15) is 32.4 Å². The Bertz CT molecular complexity index is 456. The second kappa shape index (κ2) is 4.98. The van der Waals surface area contributed by atoms with E-state index in [1.54, 1.807) is 0 Å². The molecule has 1 aromatic rings. The molecule has 98 valence electrons. The lowest BCUT2D eigenvalue weighted by Crippen LogP contribution is -2.27. The van der Waals surface area contributed by atoms with E-state index in [1.165, 1.54) is 0 Å². The predicted molar refractivity (Wildman–Crippen MR) is 74.7 cm³/mol. The van der Waals surface area contributed by atoms with Gasteiger partial charge in [-0.15, -0.1) is 0 Å². The lowest BCUT2D eigenvalue weighted by molar-refractivity contribution is -0.116. The molecule has 2 rings (SSSR count). The van der Waals surface area contributed by atoms with Crippen molar-refractivity contribution in [1.82, 2.24) is 0 Å². The van der Waals surface area contributed by atoms with E-state index in [9.17, 15) is 4.79 Å². The van der Waals surface area contributed by atoms with Gasteiger partial charge in [0.05, 0.1) is 0 Å². The first-order valence-electron chi connectivity index (χ1n) is 6.48. The summed E-state index contributed by atoms with van der Waals surface area (Å²) in [6.07, 6.45) is 0. The number of nitrogens with zero attached hydrogens (tertiary/aromatic N) is 1. The van der Waals surface area contributed by atoms with Crippen molar-refractivity contribution in [1.29, 1.82) is 0 Å². The number of carbonyl (C=O) groups is 1. The van der Waals surface area contributed by atoms with E-state index < -0.39 is 6.04 Å². The highest BCUT2D eigenvalue weighted by Crippen LogP contribution is 2.32. The molecule has 0 spiro atoms. The van der Waals surface area contributed by atoms with E-state index in [-0.39, 0.29) is 5.91 Å². The Hall–Kier alpha value is -1.55. The minimum Gasteiger partial charge on any atom is -0.371 e. The third-order valence-corrected chi connectivity index (χ3v) is 3.24. The van der Waals surface area contributed by atoms with Crippen LogP contribution in [0.25, 0.3) is 0 Å². The van der Waals surface area contributed by atoms with Crippen molar-refractivity contribution < 1.29 is 4.79 Å². The Morgan fingerprint density at radius 3 is 2.78 bits per heavy atom. The van der Waals surface area contributed by atoms with Gasteiger partial charge in [0, 0.05) is 30.0 Å². The number of fused-ring (bicyclic) bond motifs is 1. The summed E-state index contributed by atoms with van der Waals surface area (Å²) in [5.74, 6) is 0.490. The fourth-order valence-electron chi connectivity index (χ4n) is 2.33. The molecule has 0 aliphatic carbocycles. The average Bonchev–Trinajstić information content (AvgIpc) is 2.61. The molecule has 1 atom stereocenters. The van der Waals surface area contributed by atoms with Gasteiger partial charge in [0.25, 0.3) is 0 Å². The van der Waals surface area contributed by atoms with Gasteiger partial charge in [-0.05, 0) is 25.0 Å². The van der Waals surface area contributed by atoms with Gasteiger partial charge < -0.3 is 16.0 Å². The first-order valence-corrected chi connectivity index (χ1v) is 6.48. The maximum absolute atomic E-state index is 11.5. The number of nitrogens with two attached hydrogens (primary N) is 1. The zero-order valence-corrected chi connectivity index (χ0v) is 11.2.